The fourth-order valence-corrected chi connectivity index (χ4v) is 3.93. The number of aromatic amines is 1. The van der Waals surface area contributed by atoms with Crippen molar-refractivity contribution < 1.29 is 13.9 Å². The van der Waals surface area contributed by atoms with Crippen LogP contribution in [0, 0.1) is 11.7 Å². The highest BCUT2D eigenvalue weighted by Crippen LogP contribution is 2.31. The van der Waals surface area contributed by atoms with Crippen LogP contribution >= 0.6 is 11.6 Å². The van der Waals surface area contributed by atoms with Gasteiger partial charge in [0, 0.05) is 29.4 Å². The van der Waals surface area contributed by atoms with Crippen LogP contribution in [0.3, 0.4) is 0 Å². The van der Waals surface area contributed by atoms with Crippen LogP contribution in [0.1, 0.15) is 32.6 Å². The lowest BCUT2D eigenvalue weighted by molar-refractivity contribution is -0.149. The summed E-state index contributed by atoms with van der Waals surface area (Å²) in [5.41, 5.74) is 1.31. The molecule has 3 aromatic rings. The molecule has 7 nitrogen and oxygen atoms in total. The van der Waals surface area contributed by atoms with Gasteiger partial charge in [-0.25, -0.2) is 19.3 Å². The molecule has 29 heavy (non-hydrogen) atoms. The van der Waals surface area contributed by atoms with Crippen LogP contribution < -0.4 is 5.32 Å². The number of carbonyl (C=O) groups is 1. The summed E-state index contributed by atoms with van der Waals surface area (Å²) in [6.07, 6.45) is 7.75. The Labute approximate surface area is 172 Å². The maximum Gasteiger partial charge on any atom is 0.311 e. The molecule has 0 aliphatic heterocycles. The fraction of sp³-hybridized carbons (Fsp3) is 0.400. The van der Waals surface area contributed by atoms with Crippen molar-refractivity contribution >= 4 is 34.4 Å². The predicted molar refractivity (Wildman–Crippen MR) is 108 cm³/mol. The lowest BCUT2D eigenvalue weighted by atomic mass is 9.84. The molecule has 1 fully saturated rings. The zero-order valence-electron chi connectivity index (χ0n) is 15.9. The van der Waals surface area contributed by atoms with E-state index in [1.165, 1.54) is 0 Å². The number of ether oxygens (including phenoxy) is 1. The van der Waals surface area contributed by atoms with Crippen molar-refractivity contribution in [3.05, 3.63) is 35.5 Å². The van der Waals surface area contributed by atoms with Crippen molar-refractivity contribution in [3.63, 3.8) is 0 Å². The third-order valence-electron chi connectivity index (χ3n) is 5.16. The number of anilines is 1. The minimum absolute atomic E-state index is 0.0699. The Hall–Kier alpha value is -2.74. The number of nitrogens with zero attached hydrogens (tertiary/aromatic N) is 3. The SMILES string of the molecule is CCOC(=O)[C@@H]1CCCC[C@H]1Nc1nc(-c2c[nH]c3ncc(Cl)cc23)ncc1F. The molecule has 0 unspecified atom stereocenters. The number of nitrogens with one attached hydrogen (secondary N) is 2. The predicted octanol–water partition coefficient (Wildman–Crippen LogP) is 4.35. The van der Waals surface area contributed by atoms with Gasteiger partial charge >= 0.3 is 5.97 Å². The number of hydrogen-bond donors (Lipinski definition) is 2. The number of H-pyrrole nitrogens is 1. The topological polar surface area (TPSA) is 92.8 Å². The molecule has 3 heterocycles. The summed E-state index contributed by atoms with van der Waals surface area (Å²) in [6.45, 7) is 2.10. The van der Waals surface area contributed by atoms with Crippen molar-refractivity contribution in [1.82, 2.24) is 19.9 Å². The van der Waals surface area contributed by atoms with E-state index in [2.05, 4.69) is 25.3 Å². The molecule has 0 bridgehead atoms. The Balaban J connectivity index is 1.64. The van der Waals surface area contributed by atoms with E-state index in [1.54, 1.807) is 25.4 Å². The first-order chi connectivity index (χ1) is 14.1. The average molecular weight is 418 g/mol. The van der Waals surface area contributed by atoms with Gasteiger partial charge in [-0.2, -0.15) is 0 Å². The van der Waals surface area contributed by atoms with Crippen LogP contribution in [0.15, 0.2) is 24.7 Å². The average Bonchev–Trinajstić information content (AvgIpc) is 3.13. The number of rotatable bonds is 5. The maximum absolute atomic E-state index is 14.5. The van der Waals surface area contributed by atoms with Crippen LogP contribution in [-0.4, -0.2) is 38.6 Å². The Kier molecular flexibility index (Phi) is 5.62. The number of pyridine rings is 1. The molecule has 1 saturated carbocycles. The van der Waals surface area contributed by atoms with E-state index < -0.39 is 5.82 Å². The van der Waals surface area contributed by atoms with Gasteiger partial charge in [-0.15, -0.1) is 0 Å². The molecule has 1 aliphatic rings. The van der Waals surface area contributed by atoms with Gasteiger partial charge in [0.25, 0.3) is 0 Å². The second kappa shape index (κ2) is 8.32. The van der Waals surface area contributed by atoms with Gasteiger partial charge in [0.2, 0.25) is 0 Å². The first-order valence-corrected chi connectivity index (χ1v) is 10.0. The van der Waals surface area contributed by atoms with E-state index in [0.717, 1.165) is 30.8 Å². The molecular formula is C20H21ClFN5O2. The zero-order chi connectivity index (χ0) is 20.4. The number of aromatic nitrogens is 4. The molecule has 152 valence electrons. The molecule has 1 aliphatic carbocycles. The van der Waals surface area contributed by atoms with Crippen LogP contribution in [0.5, 0.6) is 0 Å². The van der Waals surface area contributed by atoms with E-state index in [0.29, 0.717) is 35.1 Å². The second-order valence-corrected chi connectivity index (χ2v) is 7.47. The summed E-state index contributed by atoms with van der Waals surface area (Å²) in [7, 11) is 0. The summed E-state index contributed by atoms with van der Waals surface area (Å²) >= 11 is 6.06. The van der Waals surface area contributed by atoms with Gasteiger partial charge in [0.15, 0.2) is 17.5 Å². The highest BCUT2D eigenvalue weighted by Gasteiger charge is 2.33. The molecular weight excluding hydrogens is 397 g/mol. The van der Waals surface area contributed by atoms with E-state index in [1.807, 2.05) is 0 Å². The van der Waals surface area contributed by atoms with Crippen molar-refractivity contribution in [2.24, 2.45) is 5.92 Å². The van der Waals surface area contributed by atoms with Crippen molar-refractivity contribution in [3.8, 4) is 11.4 Å². The van der Waals surface area contributed by atoms with Crippen molar-refractivity contribution in [2.45, 2.75) is 38.6 Å². The number of hydrogen-bond acceptors (Lipinski definition) is 6. The van der Waals surface area contributed by atoms with E-state index in [-0.39, 0.29) is 23.7 Å². The number of carbonyl (C=O) groups excluding carboxylic acids is 1. The molecule has 9 heteroatoms. The Morgan fingerprint density at radius 1 is 1.34 bits per heavy atom. The van der Waals surface area contributed by atoms with Gasteiger partial charge in [-0.1, -0.05) is 24.4 Å². The molecule has 2 N–H and O–H groups in total. The maximum atomic E-state index is 14.5. The zero-order valence-corrected chi connectivity index (χ0v) is 16.7. The second-order valence-electron chi connectivity index (χ2n) is 7.04. The van der Waals surface area contributed by atoms with Crippen LogP contribution in [0.25, 0.3) is 22.4 Å². The largest absolute Gasteiger partial charge is 0.466 e. The molecule has 3 aromatic heterocycles. The van der Waals surface area contributed by atoms with Crippen molar-refractivity contribution in [1.29, 1.82) is 0 Å². The highest BCUT2D eigenvalue weighted by molar-refractivity contribution is 6.31. The van der Waals surface area contributed by atoms with E-state index in [9.17, 15) is 9.18 Å². The summed E-state index contributed by atoms with van der Waals surface area (Å²) in [4.78, 5) is 28.1. The number of esters is 1. The summed E-state index contributed by atoms with van der Waals surface area (Å²) in [5.74, 6) is -0.736. The van der Waals surface area contributed by atoms with Gasteiger partial charge in [0.05, 0.1) is 23.7 Å². The van der Waals surface area contributed by atoms with Crippen molar-refractivity contribution in [2.75, 3.05) is 11.9 Å². The van der Waals surface area contributed by atoms with Gasteiger partial charge in [-0.05, 0) is 25.8 Å². The lowest BCUT2D eigenvalue weighted by Crippen LogP contribution is -2.38. The monoisotopic (exact) mass is 417 g/mol. The normalized spacial score (nSPS) is 19.3. The lowest BCUT2D eigenvalue weighted by Gasteiger charge is -2.31. The summed E-state index contributed by atoms with van der Waals surface area (Å²) in [6, 6.07) is 1.52. The summed E-state index contributed by atoms with van der Waals surface area (Å²) in [5, 5.41) is 4.35. The summed E-state index contributed by atoms with van der Waals surface area (Å²) < 4.78 is 19.7. The quantitative estimate of drug-likeness (QED) is 0.599. The third-order valence-corrected chi connectivity index (χ3v) is 5.37. The fourth-order valence-electron chi connectivity index (χ4n) is 3.77. The molecule has 0 aromatic carbocycles. The standard InChI is InChI=1S/C20H21ClFN5O2/c1-2-29-20(28)12-5-3-4-6-16(12)26-19-15(22)10-25-18(27-19)14-9-24-17-13(14)7-11(21)8-23-17/h7-10,12,16H,2-6H2,1H3,(H,23,24)(H,25,26,27)/t12-,16-/m1/s1. The Morgan fingerprint density at radius 3 is 3.00 bits per heavy atom. The molecule has 0 amide bonds. The molecule has 0 spiro atoms. The molecule has 0 saturated heterocycles. The molecule has 4 rings (SSSR count). The molecule has 0 radical (unpaired) electrons. The van der Waals surface area contributed by atoms with Crippen LogP contribution in [0.2, 0.25) is 5.02 Å². The van der Waals surface area contributed by atoms with Crippen LogP contribution in [-0.2, 0) is 9.53 Å². The highest BCUT2D eigenvalue weighted by atomic mass is 35.5. The number of halogens is 2. The minimum atomic E-state index is -0.571. The minimum Gasteiger partial charge on any atom is -0.466 e. The molecule has 2 atom stereocenters. The first-order valence-electron chi connectivity index (χ1n) is 9.65. The Bertz CT molecular complexity index is 1040. The Morgan fingerprint density at radius 2 is 2.17 bits per heavy atom. The van der Waals surface area contributed by atoms with Gasteiger partial charge in [0.1, 0.15) is 5.65 Å². The van der Waals surface area contributed by atoms with E-state index in [4.69, 9.17) is 16.3 Å². The van der Waals surface area contributed by atoms with Gasteiger partial charge in [-0.3, -0.25) is 4.79 Å². The van der Waals surface area contributed by atoms with E-state index >= 15 is 0 Å². The van der Waals surface area contributed by atoms with Crippen LogP contribution in [0.4, 0.5) is 10.2 Å². The smallest absolute Gasteiger partial charge is 0.311 e. The third kappa shape index (κ3) is 4.03. The number of fused-ring (bicyclic) bond motifs is 1. The van der Waals surface area contributed by atoms with Gasteiger partial charge < -0.3 is 15.0 Å². The first kappa shape index (κ1) is 19.6.